The molecule has 0 aromatic carbocycles. The Bertz CT molecular complexity index is 392. The molecule has 1 rings (SSSR count). The van der Waals surface area contributed by atoms with Gasteiger partial charge in [0, 0.05) is 24.5 Å². The molecule has 1 aromatic heterocycles. The van der Waals surface area contributed by atoms with E-state index in [2.05, 4.69) is 44.9 Å². The normalized spacial score (nSPS) is 12.7. The molecule has 0 aliphatic heterocycles. The van der Waals surface area contributed by atoms with Crippen LogP contribution in [0.15, 0.2) is 18.5 Å². The molecule has 0 aliphatic carbocycles. The van der Waals surface area contributed by atoms with Crippen molar-refractivity contribution in [2.45, 2.75) is 59.4 Å². The van der Waals surface area contributed by atoms with Gasteiger partial charge in [0.05, 0.1) is 5.02 Å². The molecule has 0 fully saturated rings. The summed E-state index contributed by atoms with van der Waals surface area (Å²) in [6, 6.07) is 2.04. The van der Waals surface area contributed by atoms with Crippen LogP contribution in [0, 0.1) is 5.41 Å². The second-order valence-corrected chi connectivity index (χ2v) is 6.86. The largest absolute Gasteiger partial charge is 0.312 e. The van der Waals surface area contributed by atoms with Gasteiger partial charge in [0.25, 0.3) is 0 Å². The molecular weight excluding hydrogens is 256 g/mol. The van der Waals surface area contributed by atoms with Gasteiger partial charge in [-0.1, -0.05) is 25.4 Å². The molecule has 0 aliphatic rings. The van der Waals surface area contributed by atoms with Crippen molar-refractivity contribution in [1.82, 2.24) is 10.3 Å². The van der Waals surface area contributed by atoms with E-state index in [1.807, 2.05) is 12.3 Å². The zero-order chi connectivity index (χ0) is 14.5. The molecule has 2 nitrogen and oxygen atoms in total. The Balaban J connectivity index is 2.85. The highest BCUT2D eigenvalue weighted by Crippen LogP contribution is 2.33. The molecule has 0 saturated carbocycles. The maximum Gasteiger partial charge on any atom is 0.0621 e. The van der Waals surface area contributed by atoms with E-state index in [4.69, 9.17) is 11.6 Å². The molecule has 0 atom stereocenters. The molecule has 1 N–H and O–H groups in total. The third-order valence-electron chi connectivity index (χ3n) is 3.92. The van der Waals surface area contributed by atoms with E-state index in [0.29, 0.717) is 0 Å². The van der Waals surface area contributed by atoms with E-state index >= 15 is 0 Å². The van der Waals surface area contributed by atoms with Crippen LogP contribution in [-0.2, 0) is 6.42 Å². The quantitative estimate of drug-likeness (QED) is 0.832. The fourth-order valence-electron chi connectivity index (χ4n) is 2.22. The average Bonchev–Trinajstić information content (AvgIpc) is 2.36. The topological polar surface area (TPSA) is 24.9 Å². The summed E-state index contributed by atoms with van der Waals surface area (Å²) in [7, 11) is 0. The number of hydrogen-bond acceptors (Lipinski definition) is 2. The molecule has 1 aromatic rings. The zero-order valence-corrected chi connectivity index (χ0v) is 13.6. The summed E-state index contributed by atoms with van der Waals surface area (Å²) in [4.78, 5) is 4.06. The van der Waals surface area contributed by atoms with Crippen LogP contribution >= 0.6 is 11.6 Å². The number of halogens is 1. The second kappa shape index (κ2) is 6.71. The molecule has 0 spiro atoms. The van der Waals surface area contributed by atoms with E-state index in [1.165, 1.54) is 5.56 Å². The Labute approximate surface area is 123 Å². The summed E-state index contributed by atoms with van der Waals surface area (Å²) < 4.78 is 0. The van der Waals surface area contributed by atoms with Gasteiger partial charge in [0.2, 0.25) is 0 Å². The molecule has 0 radical (unpaired) electrons. The van der Waals surface area contributed by atoms with Crippen LogP contribution in [-0.4, -0.2) is 17.1 Å². The van der Waals surface area contributed by atoms with Crippen LogP contribution in [0.4, 0.5) is 0 Å². The lowest BCUT2D eigenvalue weighted by atomic mass is 9.76. The van der Waals surface area contributed by atoms with Crippen LogP contribution in [0.2, 0.25) is 5.02 Å². The van der Waals surface area contributed by atoms with Gasteiger partial charge in [0.15, 0.2) is 0 Å². The number of nitrogens with one attached hydrogen (secondary N) is 1. The van der Waals surface area contributed by atoms with Crippen molar-refractivity contribution in [2.75, 3.05) is 6.54 Å². The summed E-state index contributed by atoms with van der Waals surface area (Å²) in [5, 5.41) is 4.43. The third kappa shape index (κ3) is 5.12. The Kier molecular flexibility index (Phi) is 5.82. The van der Waals surface area contributed by atoms with Crippen LogP contribution in [0.5, 0.6) is 0 Å². The van der Waals surface area contributed by atoms with Crippen LogP contribution in [0.3, 0.4) is 0 Å². The standard InChI is InChI=1S/C16H27ClN2/c1-6-16(7-2,12-19-15(3,4)5)10-13-8-9-18-11-14(13)17/h8-9,11,19H,6-7,10,12H2,1-5H3. The first-order valence-electron chi connectivity index (χ1n) is 7.15. The number of aromatic nitrogens is 1. The minimum absolute atomic E-state index is 0.150. The summed E-state index contributed by atoms with van der Waals surface area (Å²) in [5.41, 5.74) is 1.62. The molecule has 3 heteroatoms. The lowest BCUT2D eigenvalue weighted by Gasteiger charge is -2.36. The third-order valence-corrected chi connectivity index (χ3v) is 4.26. The Morgan fingerprint density at radius 1 is 1.21 bits per heavy atom. The van der Waals surface area contributed by atoms with Gasteiger partial charge in [-0.15, -0.1) is 0 Å². The first-order chi connectivity index (χ1) is 8.82. The molecule has 0 saturated heterocycles. The lowest BCUT2D eigenvalue weighted by Crippen LogP contribution is -2.44. The number of pyridine rings is 1. The van der Waals surface area contributed by atoms with Gasteiger partial charge >= 0.3 is 0 Å². The minimum Gasteiger partial charge on any atom is -0.312 e. The Morgan fingerprint density at radius 2 is 1.84 bits per heavy atom. The van der Waals surface area contributed by atoms with Gasteiger partial charge in [-0.3, -0.25) is 4.98 Å². The van der Waals surface area contributed by atoms with Gasteiger partial charge < -0.3 is 5.32 Å². The van der Waals surface area contributed by atoms with E-state index in [1.54, 1.807) is 6.20 Å². The van der Waals surface area contributed by atoms with E-state index in [9.17, 15) is 0 Å². The summed E-state index contributed by atoms with van der Waals surface area (Å²) in [6.07, 6.45) is 6.86. The van der Waals surface area contributed by atoms with Crippen molar-refractivity contribution in [3.63, 3.8) is 0 Å². The van der Waals surface area contributed by atoms with Gasteiger partial charge in [-0.05, 0) is 57.1 Å². The SMILES string of the molecule is CCC(CC)(CNC(C)(C)C)Cc1ccncc1Cl. The molecule has 108 valence electrons. The van der Waals surface area contributed by atoms with E-state index in [-0.39, 0.29) is 11.0 Å². The van der Waals surface area contributed by atoms with Crippen LogP contribution in [0.1, 0.15) is 53.0 Å². The van der Waals surface area contributed by atoms with E-state index in [0.717, 1.165) is 30.8 Å². The Hall–Kier alpha value is -0.600. The smallest absolute Gasteiger partial charge is 0.0621 e. The molecular formula is C16H27ClN2. The highest BCUT2D eigenvalue weighted by molar-refractivity contribution is 6.31. The maximum atomic E-state index is 6.25. The van der Waals surface area contributed by atoms with E-state index < -0.39 is 0 Å². The predicted octanol–water partition coefficient (Wildman–Crippen LogP) is 4.47. The first-order valence-corrected chi connectivity index (χ1v) is 7.53. The van der Waals surface area contributed by atoms with Gasteiger partial charge in [-0.25, -0.2) is 0 Å². The summed E-state index contributed by atoms with van der Waals surface area (Å²) >= 11 is 6.25. The van der Waals surface area contributed by atoms with Gasteiger partial charge in [-0.2, -0.15) is 0 Å². The van der Waals surface area contributed by atoms with Crippen molar-refractivity contribution >= 4 is 11.6 Å². The predicted molar refractivity (Wildman–Crippen MR) is 83.7 cm³/mol. The summed E-state index contributed by atoms with van der Waals surface area (Å²) in [5.74, 6) is 0. The average molecular weight is 283 g/mol. The van der Waals surface area contributed by atoms with Crippen LogP contribution in [0.25, 0.3) is 0 Å². The highest BCUT2D eigenvalue weighted by atomic mass is 35.5. The molecule has 19 heavy (non-hydrogen) atoms. The maximum absolute atomic E-state index is 6.25. The van der Waals surface area contributed by atoms with Crippen molar-refractivity contribution < 1.29 is 0 Å². The number of hydrogen-bond donors (Lipinski definition) is 1. The zero-order valence-electron chi connectivity index (χ0n) is 12.9. The lowest BCUT2D eigenvalue weighted by molar-refractivity contribution is 0.220. The molecule has 0 amide bonds. The van der Waals surface area contributed by atoms with Crippen molar-refractivity contribution in [1.29, 1.82) is 0 Å². The van der Waals surface area contributed by atoms with Crippen molar-refractivity contribution in [3.05, 3.63) is 29.0 Å². The second-order valence-electron chi connectivity index (χ2n) is 6.45. The Morgan fingerprint density at radius 3 is 2.32 bits per heavy atom. The molecule has 0 bridgehead atoms. The van der Waals surface area contributed by atoms with Gasteiger partial charge in [0.1, 0.15) is 0 Å². The first kappa shape index (κ1) is 16.5. The van der Waals surface area contributed by atoms with Crippen LogP contribution < -0.4 is 5.32 Å². The number of nitrogens with zero attached hydrogens (tertiary/aromatic N) is 1. The van der Waals surface area contributed by atoms with Crippen molar-refractivity contribution in [3.8, 4) is 0 Å². The fourth-order valence-corrected chi connectivity index (χ4v) is 2.40. The number of rotatable bonds is 6. The monoisotopic (exact) mass is 282 g/mol. The summed E-state index contributed by atoms with van der Waals surface area (Å²) in [6.45, 7) is 12.2. The molecule has 1 heterocycles. The highest BCUT2D eigenvalue weighted by Gasteiger charge is 2.28. The molecule has 0 unspecified atom stereocenters. The van der Waals surface area contributed by atoms with Crippen molar-refractivity contribution in [2.24, 2.45) is 5.41 Å². The minimum atomic E-state index is 0.150. The fraction of sp³-hybridized carbons (Fsp3) is 0.688.